The van der Waals surface area contributed by atoms with Crippen molar-refractivity contribution in [3.63, 3.8) is 0 Å². The number of aryl methyl sites for hydroxylation is 2. The lowest BCUT2D eigenvalue weighted by molar-refractivity contribution is 0.415. The summed E-state index contributed by atoms with van der Waals surface area (Å²) in [7, 11) is 0. The Morgan fingerprint density at radius 1 is 0.857 bits per heavy atom. The molecule has 1 fully saturated rings. The van der Waals surface area contributed by atoms with Gasteiger partial charge >= 0.3 is 0 Å². The van der Waals surface area contributed by atoms with Crippen molar-refractivity contribution >= 4 is 0 Å². The van der Waals surface area contributed by atoms with Crippen molar-refractivity contribution in [2.45, 2.75) is 45.6 Å². The summed E-state index contributed by atoms with van der Waals surface area (Å²) in [5, 5.41) is 0. The molecule has 0 saturated heterocycles. The van der Waals surface area contributed by atoms with E-state index in [1.54, 1.807) is 11.1 Å². The third-order valence-corrected chi connectivity index (χ3v) is 5.56. The lowest BCUT2D eigenvalue weighted by atomic mass is 9.94. The molecule has 2 aliphatic rings. The van der Waals surface area contributed by atoms with Crippen LogP contribution >= 0.6 is 0 Å². The Labute approximate surface area is 127 Å². The summed E-state index contributed by atoms with van der Waals surface area (Å²) in [4.78, 5) is 0. The van der Waals surface area contributed by atoms with E-state index >= 15 is 0 Å². The van der Waals surface area contributed by atoms with E-state index in [-0.39, 0.29) is 0 Å². The molecule has 2 nitrogen and oxygen atoms in total. The molecule has 0 aliphatic heterocycles. The van der Waals surface area contributed by atoms with Crippen molar-refractivity contribution < 1.29 is 0 Å². The van der Waals surface area contributed by atoms with Gasteiger partial charge in [0.15, 0.2) is 0 Å². The molecule has 2 bridgehead atoms. The lowest BCUT2D eigenvalue weighted by Gasteiger charge is -2.27. The second-order valence-electron chi connectivity index (χ2n) is 6.88. The van der Waals surface area contributed by atoms with Crippen LogP contribution in [0.2, 0.25) is 0 Å². The van der Waals surface area contributed by atoms with Crippen molar-refractivity contribution in [1.29, 1.82) is 0 Å². The van der Waals surface area contributed by atoms with Crippen LogP contribution in [0, 0.1) is 25.7 Å². The standard InChI is InChI=1S/C19H24N2/c1-13-7-8-14(2)21(13)20-19-17-9-10-18(19)12-16-6-4-3-5-15(16)11-17/h3-8,17-20H,9-12H2,1-2H3. The topological polar surface area (TPSA) is 17.0 Å². The number of nitrogens with zero attached hydrogens (tertiary/aromatic N) is 1. The number of aromatic nitrogens is 1. The Morgan fingerprint density at radius 3 is 1.90 bits per heavy atom. The maximum atomic E-state index is 3.85. The van der Waals surface area contributed by atoms with Crippen molar-refractivity contribution in [2.24, 2.45) is 11.8 Å². The summed E-state index contributed by atoms with van der Waals surface area (Å²) in [6.07, 6.45) is 5.22. The smallest absolute Gasteiger partial charge is 0.0487 e. The van der Waals surface area contributed by atoms with Crippen LogP contribution in [0.4, 0.5) is 0 Å². The molecule has 1 saturated carbocycles. The molecule has 1 aromatic heterocycles. The Bertz CT molecular complexity index is 603. The average molecular weight is 280 g/mol. The highest BCUT2D eigenvalue weighted by Crippen LogP contribution is 2.40. The largest absolute Gasteiger partial charge is 0.322 e. The normalized spacial score (nSPS) is 27.2. The Morgan fingerprint density at radius 2 is 1.38 bits per heavy atom. The second kappa shape index (κ2) is 4.94. The second-order valence-corrected chi connectivity index (χ2v) is 6.88. The summed E-state index contributed by atoms with van der Waals surface area (Å²) in [6, 6.07) is 14.1. The van der Waals surface area contributed by atoms with Gasteiger partial charge in [-0.2, -0.15) is 0 Å². The summed E-state index contributed by atoms with van der Waals surface area (Å²) in [5.74, 6) is 1.56. The van der Waals surface area contributed by atoms with Crippen molar-refractivity contribution in [2.75, 3.05) is 5.43 Å². The van der Waals surface area contributed by atoms with Gasteiger partial charge in [0.2, 0.25) is 0 Å². The molecule has 1 aromatic carbocycles. The van der Waals surface area contributed by atoms with Gasteiger partial charge in [-0.25, -0.2) is 0 Å². The molecule has 0 radical (unpaired) electrons. The van der Waals surface area contributed by atoms with Gasteiger partial charge in [0.1, 0.15) is 0 Å². The van der Waals surface area contributed by atoms with Crippen LogP contribution < -0.4 is 5.43 Å². The first-order chi connectivity index (χ1) is 10.2. The van der Waals surface area contributed by atoms with E-state index < -0.39 is 0 Å². The van der Waals surface area contributed by atoms with Crippen LogP contribution in [0.15, 0.2) is 36.4 Å². The van der Waals surface area contributed by atoms with E-state index in [9.17, 15) is 0 Å². The van der Waals surface area contributed by atoms with Gasteiger partial charge in [0.25, 0.3) is 0 Å². The number of benzene rings is 1. The minimum Gasteiger partial charge on any atom is -0.322 e. The van der Waals surface area contributed by atoms with Gasteiger partial charge in [0, 0.05) is 17.4 Å². The van der Waals surface area contributed by atoms with Crippen LogP contribution in [0.1, 0.15) is 35.4 Å². The Kier molecular flexibility index (Phi) is 3.06. The maximum absolute atomic E-state index is 3.85. The zero-order valence-corrected chi connectivity index (χ0v) is 13.0. The molecule has 2 aromatic rings. The third kappa shape index (κ3) is 2.17. The zero-order chi connectivity index (χ0) is 14.4. The summed E-state index contributed by atoms with van der Waals surface area (Å²) in [6.45, 7) is 4.38. The van der Waals surface area contributed by atoms with Gasteiger partial charge in [-0.15, -0.1) is 0 Å². The highest BCUT2D eigenvalue weighted by molar-refractivity contribution is 5.31. The maximum Gasteiger partial charge on any atom is 0.0487 e. The van der Waals surface area contributed by atoms with Gasteiger partial charge in [0.05, 0.1) is 0 Å². The molecular weight excluding hydrogens is 256 g/mol. The summed E-state index contributed by atoms with van der Waals surface area (Å²) in [5.41, 5.74) is 9.64. The molecule has 2 heteroatoms. The molecule has 0 amide bonds. The van der Waals surface area contributed by atoms with Crippen molar-refractivity contribution in [1.82, 2.24) is 4.68 Å². The van der Waals surface area contributed by atoms with Crippen LogP contribution in [-0.4, -0.2) is 10.7 Å². The molecule has 110 valence electrons. The predicted octanol–water partition coefficient (Wildman–Crippen LogP) is 3.84. The first-order valence-corrected chi connectivity index (χ1v) is 8.20. The minimum atomic E-state index is 0.613. The van der Waals surface area contributed by atoms with Gasteiger partial charge in [-0.1, -0.05) is 24.3 Å². The highest BCUT2D eigenvalue weighted by Gasteiger charge is 2.39. The Balaban J connectivity index is 1.64. The van der Waals surface area contributed by atoms with Crippen LogP contribution in [0.5, 0.6) is 0 Å². The van der Waals surface area contributed by atoms with Gasteiger partial charge in [-0.05, 0) is 74.6 Å². The highest BCUT2D eigenvalue weighted by atomic mass is 15.4. The van der Waals surface area contributed by atoms with Crippen LogP contribution in [0.25, 0.3) is 0 Å². The van der Waals surface area contributed by atoms with E-state index in [1.165, 1.54) is 37.1 Å². The molecule has 1 heterocycles. The van der Waals surface area contributed by atoms with Gasteiger partial charge in [-0.3, -0.25) is 4.68 Å². The molecular formula is C19H24N2. The van der Waals surface area contributed by atoms with E-state index in [4.69, 9.17) is 0 Å². The molecule has 21 heavy (non-hydrogen) atoms. The van der Waals surface area contributed by atoms with E-state index in [0.29, 0.717) is 6.04 Å². The lowest BCUT2D eigenvalue weighted by Crippen LogP contribution is -2.37. The predicted molar refractivity (Wildman–Crippen MR) is 87.1 cm³/mol. The fourth-order valence-corrected chi connectivity index (χ4v) is 4.38. The zero-order valence-electron chi connectivity index (χ0n) is 13.0. The number of hydrogen-bond donors (Lipinski definition) is 1. The monoisotopic (exact) mass is 280 g/mol. The molecule has 4 rings (SSSR count). The SMILES string of the molecule is Cc1ccc(C)n1NC1C2CCC1Cc1ccccc1C2. The van der Waals surface area contributed by atoms with Gasteiger partial charge < -0.3 is 5.43 Å². The fourth-order valence-electron chi connectivity index (χ4n) is 4.38. The molecule has 2 unspecified atom stereocenters. The first-order valence-electron chi connectivity index (χ1n) is 8.20. The summed E-state index contributed by atoms with van der Waals surface area (Å²) < 4.78 is 2.30. The number of nitrogens with one attached hydrogen (secondary N) is 1. The van der Waals surface area contributed by atoms with E-state index in [0.717, 1.165) is 11.8 Å². The third-order valence-electron chi connectivity index (χ3n) is 5.56. The molecule has 0 spiro atoms. The molecule has 2 aliphatic carbocycles. The van der Waals surface area contributed by atoms with E-state index in [2.05, 4.69) is 60.3 Å². The average Bonchev–Trinajstić information content (AvgIpc) is 2.92. The van der Waals surface area contributed by atoms with Crippen molar-refractivity contribution in [3.05, 3.63) is 58.9 Å². The van der Waals surface area contributed by atoms with Crippen LogP contribution in [-0.2, 0) is 12.8 Å². The van der Waals surface area contributed by atoms with Crippen molar-refractivity contribution in [3.8, 4) is 0 Å². The molecule has 2 atom stereocenters. The number of hydrogen-bond acceptors (Lipinski definition) is 1. The van der Waals surface area contributed by atoms with E-state index in [1.807, 2.05) is 0 Å². The Hall–Kier alpha value is -1.70. The quantitative estimate of drug-likeness (QED) is 0.884. The minimum absolute atomic E-state index is 0.613. The number of rotatable bonds is 2. The number of fused-ring (bicyclic) bond motifs is 3. The molecule has 1 N–H and O–H groups in total. The summed E-state index contributed by atoms with van der Waals surface area (Å²) >= 11 is 0. The first kappa shape index (κ1) is 13.0. The fraction of sp³-hybridized carbons (Fsp3) is 0.474. The van der Waals surface area contributed by atoms with Crippen LogP contribution in [0.3, 0.4) is 0 Å².